The van der Waals surface area contributed by atoms with Gasteiger partial charge in [-0.25, -0.2) is 0 Å². The molecule has 102 valence electrons. The summed E-state index contributed by atoms with van der Waals surface area (Å²) in [5.74, 6) is 1.34. The summed E-state index contributed by atoms with van der Waals surface area (Å²) in [7, 11) is 0. The van der Waals surface area contributed by atoms with E-state index in [1.165, 1.54) is 0 Å². The second-order valence-corrected chi connectivity index (χ2v) is 4.72. The normalized spacial score (nSPS) is 10.9. The number of nitrogen functional groups attached to an aromatic ring is 1. The number of rotatable bonds is 3. The Kier molecular flexibility index (Phi) is 3.20. The third kappa shape index (κ3) is 2.16. The van der Waals surface area contributed by atoms with Crippen molar-refractivity contribution in [2.24, 2.45) is 0 Å². The van der Waals surface area contributed by atoms with Crippen LogP contribution in [0.4, 0.5) is 5.69 Å². The van der Waals surface area contributed by atoms with Gasteiger partial charge in [-0.15, -0.1) is 10.2 Å². The average Bonchev–Trinajstić information content (AvgIpc) is 2.84. The Hall–Kier alpha value is -2.27. The summed E-state index contributed by atoms with van der Waals surface area (Å²) >= 11 is 6.02. The number of hydrogen-bond acceptors (Lipinski definition) is 4. The molecule has 0 atom stereocenters. The number of pyridine rings is 1. The van der Waals surface area contributed by atoms with Crippen LogP contribution in [0.15, 0.2) is 36.5 Å². The van der Waals surface area contributed by atoms with Gasteiger partial charge in [0.25, 0.3) is 0 Å². The van der Waals surface area contributed by atoms with Crippen molar-refractivity contribution >= 4 is 22.9 Å². The second kappa shape index (κ2) is 5.02. The Morgan fingerprint density at radius 1 is 1.25 bits per heavy atom. The first-order valence-corrected chi connectivity index (χ1v) is 6.60. The Labute approximate surface area is 121 Å². The highest BCUT2D eigenvalue weighted by atomic mass is 35.5. The SMILES string of the molecule is CCOc1cc(-c2nnc3ccc(Cl)cn23)ccc1N. The number of ether oxygens (including phenoxy) is 1. The monoisotopic (exact) mass is 288 g/mol. The van der Waals surface area contributed by atoms with Crippen molar-refractivity contribution in [2.45, 2.75) is 6.92 Å². The first-order valence-electron chi connectivity index (χ1n) is 6.22. The first kappa shape index (κ1) is 12.7. The van der Waals surface area contributed by atoms with E-state index >= 15 is 0 Å². The van der Waals surface area contributed by atoms with Crippen molar-refractivity contribution in [3.63, 3.8) is 0 Å². The molecule has 0 aliphatic carbocycles. The molecule has 20 heavy (non-hydrogen) atoms. The van der Waals surface area contributed by atoms with E-state index < -0.39 is 0 Å². The van der Waals surface area contributed by atoms with Gasteiger partial charge in [-0.1, -0.05) is 11.6 Å². The summed E-state index contributed by atoms with van der Waals surface area (Å²) in [5.41, 5.74) is 8.08. The van der Waals surface area contributed by atoms with E-state index in [4.69, 9.17) is 22.1 Å². The van der Waals surface area contributed by atoms with Gasteiger partial charge in [-0.2, -0.15) is 0 Å². The highest BCUT2D eigenvalue weighted by molar-refractivity contribution is 6.30. The summed E-state index contributed by atoms with van der Waals surface area (Å²) in [6, 6.07) is 9.14. The van der Waals surface area contributed by atoms with E-state index in [-0.39, 0.29) is 0 Å². The zero-order valence-corrected chi connectivity index (χ0v) is 11.6. The fourth-order valence-corrected chi connectivity index (χ4v) is 2.18. The molecule has 0 amide bonds. The lowest BCUT2D eigenvalue weighted by Crippen LogP contribution is -1.98. The largest absolute Gasteiger partial charge is 0.492 e. The van der Waals surface area contributed by atoms with Crippen LogP contribution in [0.25, 0.3) is 17.0 Å². The molecule has 0 saturated heterocycles. The van der Waals surface area contributed by atoms with Crippen LogP contribution in [0.5, 0.6) is 5.75 Å². The molecule has 0 spiro atoms. The number of nitrogens with two attached hydrogens (primary N) is 1. The van der Waals surface area contributed by atoms with Crippen LogP contribution < -0.4 is 10.5 Å². The van der Waals surface area contributed by atoms with Crippen LogP contribution in [0.2, 0.25) is 5.02 Å². The Bertz CT molecular complexity index is 769. The van der Waals surface area contributed by atoms with Gasteiger partial charge in [0, 0.05) is 11.8 Å². The second-order valence-electron chi connectivity index (χ2n) is 4.28. The average molecular weight is 289 g/mol. The lowest BCUT2D eigenvalue weighted by molar-refractivity contribution is 0.342. The van der Waals surface area contributed by atoms with Crippen LogP contribution in [-0.2, 0) is 0 Å². The number of nitrogens with zero attached hydrogens (tertiary/aromatic N) is 3. The minimum atomic E-state index is 0.556. The van der Waals surface area contributed by atoms with Gasteiger partial charge in [-0.05, 0) is 37.3 Å². The molecule has 3 rings (SSSR count). The topological polar surface area (TPSA) is 65.4 Å². The summed E-state index contributed by atoms with van der Waals surface area (Å²) in [6.07, 6.45) is 1.78. The van der Waals surface area contributed by atoms with Crippen molar-refractivity contribution in [3.8, 4) is 17.1 Å². The zero-order valence-electron chi connectivity index (χ0n) is 10.9. The van der Waals surface area contributed by atoms with Crippen LogP contribution in [0, 0.1) is 0 Å². The molecule has 0 radical (unpaired) electrons. The van der Waals surface area contributed by atoms with Crippen molar-refractivity contribution in [2.75, 3.05) is 12.3 Å². The number of fused-ring (bicyclic) bond motifs is 1. The molecule has 0 aliphatic heterocycles. The quantitative estimate of drug-likeness (QED) is 0.752. The Morgan fingerprint density at radius 2 is 2.10 bits per heavy atom. The van der Waals surface area contributed by atoms with E-state index in [0.717, 1.165) is 11.2 Å². The minimum Gasteiger partial charge on any atom is -0.492 e. The predicted molar refractivity (Wildman–Crippen MR) is 79.0 cm³/mol. The van der Waals surface area contributed by atoms with Gasteiger partial charge in [0.1, 0.15) is 5.75 Å². The summed E-state index contributed by atoms with van der Waals surface area (Å²) in [6.45, 7) is 2.47. The van der Waals surface area contributed by atoms with Gasteiger partial charge in [0.2, 0.25) is 0 Å². The van der Waals surface area contributed by atoms with Crippen molar-refractivity contribution in [3.05, 3.63) is 41.6 Å². The molecular weight excluding hydrogens is 276 g/mol. The molecule has 5 nitrogen and oxygen atoms in total. The first-order chi connectivity index (χ1) is 9.69. The predicted octanol–water partition coefficient (Wildman–Crippen LogP) is 3.03. The number of aromatic nitrogens is 3. The van der Waals surface area contributed by atoms with Crippen molar-refractivity contribution in [1.82, 2.24) is 14.6 Å². The molecule has 6 heteroatoms. The summed E-state index contributed by atoms with van der Waals surface area (Å²) in [5, 5.41) is 8.94. The highest BCUT2D eigenvalue weighted by Crippen LogP contribution is 2.28. The van der Waals surface area contributed by atoms with Crippen molar-refractivity contribution < 1.29 is 4.74 Å². The fraction of sp³-hybridized carbons (Fsp3) is 0.143. The molecule has 0 unspecified atom stereocenters. The third-order valence-corrected chi connectivity index (χ3v) is 3.16. The summed E-state index contributed by atoms with van der Waals surface area (Å²) in [4.78, 5) is 0. The zero-order chi connectivity index (χ0) is 14.1. The van der Waals surface area contributed by atoms with Gasteiger partial charge in [0.15, 0.2) is 11.5 Å². The molecule has 2 aromatic heterocycles. The maximum atomic E-state index is 6.02. The van der Waals surface area contributed by atoms with Crippen molar-refractivity contribution in [1.29, 1.82) is 0 Å². The standard InChI is InChI=1S/C14H13ClN4O/c1-2-20-12-7-9(3-5-11(12)16)14-18-17-13-6-4-10(15)8-19(13)14/h3-8H,2,16H2,1H3. The van der Waals surface area contributed by atoms with Crippen LogP contribution in [0.3, 0.4) is 0 Å². The van der Waals surface area contributed by atoms with Gasteiger partial charge < -0.3 is 10.5 Å². The fourth-order valence-electron chi connectivity index (χ4n) is 2.02. The lowest BCUT2D eigenvalue weighted by Gasteiger charge is -2.08. The molecule has 0 bridgehead atoms. The Morgan fingerprint density at radius 3 is 2.90 bits per heavy atom. The van der Waals surface area contributed by atoms with Crippen LogP contribution in [0.1, 0.15) is 6.92 Å². The number of anilines is 1. The van der Waals surface area contributed by atoms with Gasteiger partial charge in [-0.3, -0.25) is 4.40 Å². The molecule has 2 N–H and O–H groups in total. The third-order valence-electron chi connectivity index (χ3n) is 2.94. The maximum absolute atomic E-state index is 6.02. The molecule has 2 heterocycles. The van der Waals surface area contributed by atoms with Gasteiger partial charge in [0.05, 0.1) is 17.3 Å². The van der Waals surface area contributed by atoms with Crippen LogP contribution in [-0.4, -0.2) is 21.2 Å². The maximum Gasteiger partial charge on any atom is 0.168 e. The van der Waals surface area contributed by atoms with E-state index in [2.05, 4.69) is 10.2 Å². The molecule has 0 fully saturated rings. The number of benzene rings is 1. The molecular formula is C14H13ClN4O. The minimum absolute atomic E-state index is 0.556. The van der Waals surface area contributed by atoms with E-state index in [1.807, 2.05) is 29.5 Å². The number of halogens is 1. The molecule has 3 aromatic rings. The molecule has 0 aliphatic rings. The smallest absolute Gasteiger partial charge is 0.168 e. The van der Waals surface area contributed by atoms with E-state index in [1.54, 1.807) is 18.3 Å². The van der Waals surface area contributed by atoms with Gasteiger partial charge >= 0.3 is 0 Å². The van der Waals surface area contributed by atoms with E-state index in [0.29, 0.717) is 28.9 Å². The molecule has 0 saturated carbocycles. The lowest BCUT2D eigenvalue weighted by atomic mass is 10.2. The highest BCUT2D eigenvalue weighted by Gasteiger charge is 2.10. The summed E-state index contributed by atoms with van der Waals surface area (Å²) < 4.78 is 7.34. The number of hydrogen-bond donors (Lipinski definition) is 1. The van der Waals surface area contributed by atoms with Crippen LogP contribution >= 0.6 is 11.6 Å². The molecule has 1 aromatic carbocycles. The Balaban J connectivity index is 2.15. The van der Waals surface area contributed by atoms with E-state index in [9.17, 15) is 0 Å².